The lowest BCUT2D eigenvalue weighted by Crippen LogP contribution is -2.36. The van der Waals surface area contributed by atoms with Gasteiger partial charge in [-0.15, -0.1) is 12.4 Å². The second kappa shape index (κ2) is 9.19. The molecule has 0 aliphatic carbocycles. The fourth-order valence-corrected chi connectivity index (χ4v) is 3.61. The Hall–Kier alpha value is -2.71. The maximum absolute atomic E-state index is 12.8. The van der Waals surface area contributed by atoms with Crippen LogP contribution >= 0.6 is 12.4 Å². The largest absolute Gasteiger partial charge is 0.344 e. The summed E-state index contributed by atoms with van der Waals surface area (Å²) in [6.07, 6.45) is 4.39. The molecule has 9 heteroatoms. The summed E-state index contributed by atoms with van der Waals surface area (Å²) >= 11 is 0. The molecule has 1 aliphatic heterocycles. The molecular formula is C20H25ClN6O2. The number of rotatable bonds is 6. The van der Waals surface area contributed by atoms with Crippen molar-refractivity contribution in [2.24, 2.45) is 13.0 Å². The normalized spacial score (nSPS) is 19.5. The number of hydrogen-bond donors (Lipinski definition) is 2. The molecule has 1 amide bonds. The summed E-state index contributed by atoms with van der Waals surface area (Å²) < 4.78 is 7.13. The van der Waals surface area contributed by atoms with Gasteiger partial charge in [0.15, 0.2) is 5.82 Å². The maximum atomic E-state index is 12.8. The summed E-state index contributed by atoms with van der Waals surface area (Å²) in [5, 5.41) is 14.6. The first kappa shape index (κ1) is 21.0. The van der Waals surface area contributed by atoms with Crippen LogP contribution in [0.1, 0.15) is 41.7 Å². The van der Waals surface area contributed by atoms with Crippen molar-refractivity contribution in [1.82, 2.24) is 30.6 Å². The van der Waals surface area contributed by atoms with Crippen molar-refractivity contribution in [3.05, 3.63) is 65.6 Å². The summed E-state index contributed by atoms with van der Waals surface area (Å²) in [4.78, 5) is 17.3. The van der Waals surface area contributed by atoms with E-state index in [4.69, 9.17) is 4.52 Å². The van der Waals surface area contributed by atoms with Crippen molar-refractivity contribution in [2.45, 2.75) is 25.3 Å². The number of aryl methyl sites for hydroxylation is 1. The quantitative estimate of drug-likeness (QED) is 0.637. The second-order valence-electron chi connectivity index (χ2n) is 7.26. The van der Waals surface area contributed by atoms with Crippen LogP contribution in [0.5, 0.6) is 0 Å². The summed E-state index contributed by atoms with van der Waals surface area (Å²) in [7, 11) is 1.88. The minimum Gasteiger partial charge on any atom is -0.344 e. The van der Waals surface area contributed by atoms with Crippen LogP contribution in [0.15, 0.2) is 47.2 Å². The zero-order chi connectivity index (χ0) is 19.5. The minimum atomic E-state index is -0.348. The molecule has 2 aromatic heterocycles. The highest BCUT2D eigenvalue weighted by Gasteiger charge is 2.35. The monoisotopic (exact) mass is 416 g/mol. The smallest absolute Gasteiger partial charge is 0.248 e. The Morgan fingerprint density at radius 3 is 2.86 bits per heavy atom. The van der Waals surface area contributed by atoms with Gasteiger partial charge in [0.05, 0.1) is 12.1 Å². The predicted molar refractivity (Wildman–Crippen MR) is 110 cm³/mol. The van der Waals surface area contributed by atoms with Gasteiger partial charge in [-0.3, -0.25) is 9.48 Å². The van der Waals surface area contributed by atoms with E-state index in [1.807, 2.05) is 56.7 Å². The molecule has 0 spiro atoms. The van der Waals surface area contributed by atoms with Gasteiger partial charge in [-0.2, -0.15) is 10.1 Å². The van der Waals surface area contributed by atoms with Gasteiger partial charge in [-0.1, -0.05) is 35.5 Å². The van der Waals surface area contributed by atoms with Crippen molar-refractivity contribution in [3.63, 3.8) is 0 Å². The van der Waals surface area contributed by atoms with Gasteiger partial charge in [0.1, 0.15) is 6.04 Å². The SMILES string of the molecule is CC(NC(=O)[C@H]1CNC[C@@H]1c1cnn(C)c1)c1nc(Cc2ccccc2)no1.Cl. The Bertz CT molecular complexity index is 941. The van der Waals surface area contributed by atoms with Crippen LogP contribution in [0.25, 0.3) is 0 Å². The molecule has 0 saturated carbocycles. The van der Waals surface area contributed by atoms with Crippen LogP contribution in [-0.2, 0) is 18.3 Å². The third-order valence-electron chi connectivity index (χ3n) is 5.12. The highest BCUT2D eigenvalue weighted by Crippen LogP contribution is 2.28. The molecule has 1 aliphatic rings. The molecule has 3 heterocycles. The number of hydrogen-bond acceptors (Lipinski definition) is 6. The van der Waals surface area contributed by atoms with E-state index in [1.165, 1.54) is 0 Å². The van der Waals surface area contributed by atoms with Gasteiger partial charge in [-0.05, 0) is 18.1 Å². The first-order valence-electron chi connectivity index (χ1n) is 9.46. The number of halogens is 1. The average molecular weight is 417 g/mol. The van der Waals surface area contributed by atoms with E-state index < -0.39 is 0 Å². The van der Waals surface area contributed by atoms with E-state index in [-0.39, 0.29) is 36.2 Å². The van der Waals surface area contributed by atoms with E-state index in [9.17, 15) is 4.79 Å². The lowest BCUT2D eigenvalue weighted by molar-refractivity contribution is -0.125. The molecule has 0 bridgehead atoms. The van der Waals surface area contributed by atoms with Crippen molar-refractivity contribution in [2.75, 3.05) is 13.1 Å². The second-order valence-corrected chi connectivity index (χ2v) is 7.26. The predicted octanol–water partition coefficient (Wildman–Crippen LogP) is 2.00. The number of benzene rings is 1. The summed E-state index contributed by atoms with van der Waals surface area (Å²) in [6.45, 7) is 3.26. The van der Waals surface area contributed by atoms with Crippen molar-refractivity contribution in [1.29, 1.82) is 0 Å². The van der Waals surface area contributed by atoms with Gasteiger partial charge in [-0.25, -0.2) is 0 Å². The molecule has 3 aromatic rings. The van der Waals surface area contributed by atoms with Crippen LogP contribution in [0.3, 0.4) is 0 Å². The van der Waals surface area contributed by atoms with Crippen LogP contribution in [0, 0.1) is 5.92 Å². The number of nitrogens with one attached hydrogen (secondary N) is 2. The van der Waals surface area contributed by atoms with Gasteiger partial charge >= 0.3 is 0 Å². The molecule has 3 atom stereocenters. The summed E-state index contributed by atoms with van der Waals surface area (Å²) in [5.41, 5.74) is 2.19. The Kier molecular flexibility index (Phi) is 6.66. The lowest BCUT2D eigenvalue weighted by Gasteiger charge is -2.18. The van der Waals surface area contributed by atoms with Crippen molar-refractivity contribution >= 4 is 18.3 Å². The molecule has 0 radical (unpaired) electrons. The molecule has 8 nitrogen and oxygen atoms in total. The molecule has 1 unspecified atom stereocenters. The Morgan fingerprint density at radius 2 is 2.14 bits per heavy atom. The Labute approximate surface area is 175 Å². The molecule has 2 N–H and O–H groups in total. The highest BCUT2D eigenvalue weighted by atomic mass is 35.5. The van der Waals surface area contributed by atoms with E-state index in [0.717, 1.165) is 17.7 Å². The number of nitrogens with zero attached hydrogens (tertiary/aromatic N) is 4. The average Bonchev–Trinajstić information content (AvgIpc) is 3.42. The topological polar surface area (TPSA) is 97.9 Å². The number of amides is 1. The number of carbonyl (C=O) groups excluding carboxylic acids is 1. The first-order valence-corrected chi connectivity index (χ1v) is 9.46. The van der Waals surface area contributed by atoms with E-state index >= 15 is 0 Å². The minimum absolute atomic E-state index is 0. The molecule has 4 rings (SSSR count). The van der Waals surface area contributed by atoms with E-state index in [1.54, 1.807) is 4.68 Å². The third-order valence-corrected chi connectivity index (χ3v) is 5.12. The maximum Gasteiger partial charge on any atom is 0.248 e. The van der Waals surface area contributed by atoms with Gasteiger partial charge in [0.2, 0.25) is 11.8 Å². The zero-order valence-corrected chi connectivity index (χ0v) is 17.2. The Morgan fingerprint density at radius 1 is 1.34 bits per heavy atom. The summed E-state index contributed by atoms with van der Waals surface area (Å²) in [5.74, 6) is 0.964. The van der Waals surface area contributed by atoms with E-state index in [0.29, 0.717) is 24.7 Å². The number of aromatic nitrogens is 4. The third kappa shape index (κ3) is 4.83. The molecular weight excluding hydrogens is 392 g/mol. The first-order chi connectivity index (χ1) is 13.6. The van der Waals surface area contributed by atoms with Gasteiger partial charge < -0.3 is 15.2 Å². The van der Waals surface area contributed by atoms with Crippen LogP contribution in [0.2, 0.25) is 0 Å². The lowest BCUT2D eigenvalue weighted by atomic mass is 9.90. The fraction of sp³-hybridized carbons (Fsp3) is 0.400. The number of carbonyl (C=O) groups is 1. The van der Waals surface area contributed by atoms with Crippen LogP contribution in [0.4, 0.5) is 0 Å². The fourth-order valence-electron chi connectivity index (χ4n) is 3.61. The standard InChI is InChI=1S/C20H24N6O2.ClH/c1-13(20-24-18(25-28-20)8-14-6-4-3-5-7-14)23-19(27)17-11-21-10-16(17)15-9-22-26(2)12-15;/h3-7,9,12-13,16-17,21H,8,10-11H2,1-2H3,(H,23,27);1H/t13?,16-,17+;/m1./s1. The molecule has 1 aromatic carbocycles. The van der Waals surface area contributed by atoms with Crippen molar-refractivity contribution < 1.29 is 9.32 Å². The molecule has 1 fully saturated rings. The highest BCUT2D eigenvalue weighted by molar-refractivity contribution is 5.85. The van der Waals surface area contributed by atoms with E-state index in [2.05, 4.69) is 25.9 Å². The molecule has 1 saturated heterocycles. The van der Waals surface area contributed by atoms with Crippen molar-refractivity contribution in [3.8, 4) is 0 Å². The Balaban J connectivity index is 0.00000240. The molecule has 154 valence electrons. The summed E-state index contributed by atoms with van der Waals surface area (Å²) in [6, 6.07) is 9.62. The zero-order valence-electron chi connectivity index (χ0n) is 16.4. The van der Waals surface area contributed by atoms with Crippen LogP contribution < -0.4 is 10.6 Å². The van der Waals surface area contributed by atoms with Gasteiger partial charge in [0.25, 0.3) is 0 Å². The molecule has 29 heavy (non-hydrogen) atoms. The van der Waals surface area contributed by atoms with Gasteiger partial charge in [0, 0.05) is 38.7 Å². The van der Waals surface area contributed by atoms with Crippen LogP contribution in [-0.4, -0.2) is 38.9 Å².